The molecule has 1 amide bonds. The van der Waals surface area contributed by atoms with Crippen molar-refractivity contribution < 1.29 is 27.5 Å². The van der Waals surface area contributed by atoms with Crippen LogP contribution in [0.25, 0.3) is 0 Å². The molecule has 0 unspecified atom stereocenters. The number of esters is 1. The average Bonchev–Trinajstić information content (AvgIpc) is 2.61. The summed E-state index contributed by atoms with van der Waals surface area (Å²) < 4.78 is 43.0. The van der Waals surface area contributed by atoms with Gasteiger partial charge in [0.05, 0.1) is 12.7 Å². The van der Waals surface area contributed by atoms with Crippen LogP contribution in [0.15, 0.2) is 48.5 Å². The zero-order valence-corrected chi connectivity index (χ0v) is 14.4. The third-order valence-electron chi connectivity index (χ3n) is 3.62. The molecule has 0 saturated heterocycles. The second-order valence-electron chi connectivity index (χ2n) is 5.42. The Balaban J connectivity index is 2.22. The Labute approximate surface area is 152 Å². The minimum Gasteiger partial charge on any atom is -0.467 e. The molecule has 2 aromatic rings. The van der Waals surface area contributed by atoms with E-state index in [0.717, 1.165) is 25.3 Å². The monoisotopic (exact) mass is 385 g/mol. The minimum absolute atomic E-state index is 0.0387. The van der Waals surface area contributed by atoms with Gasteiger partial charge in [-0.2, -0.15) is 13.2 Å². The van der Waals surface area contributed by atoms with Crippen LogP contribution in [0.2, 0.25) is 5.02 Å². The van der Waals surface area contributed by atoms with Crippen molar-refractivity contribution in [1.29, 1.82) is 0 Å². The molecule has 0 aliphatic heterocycles. The summed E-state index contributed by atoms with van der Waals surface area (Å²) in [6, 6.07) is 9.56. The van der Waals surface area contributed by atoms with Crippen molar-refractivity contribution in [2.24, 2.45) is 0 Å². The lowest BCUT2D eigenvalue weighted by Crippen LogP contribution is -2.43. The summed E-state index contributed by atoms with van der Waals surface area (Å²) in [4.78, 5) is 24.3. The first-order chi connectivity index (χ1) is 12.2. The van der Waals surface area contributed by atoms with Crippen molar-refractivity contribution in [2.75, 3.05) is 7.11 Å². The molecule has 0 aliphatic rings. The number of nitrogens with one attached hydrogen (secondary N) is 1. The van der Waals surface area contributed by atoms with Crippen LogP contribution in [0.5, 0.6) is 0 Å². The van der Waals surface area contributed by atoms with E-state index in [1.165, 1.54) is 6.07 Å². The van der Waals surface area contributed by atoms with Crippen molar-refractivity contribution in [3.05, 3.63) is 70.2 Å². The first kappa shape index (κ1) is 19.8. The number of hydrogen-bond donors (Lipinski definition) is 1. The number of methoxy groups -OCH3 is 1. The topological polar surface area (TPSA) is 55.4 Å². The van der Waals surface area contributed by atoms with Crippen LogP contribution in [-0.4, -0.2) is 25.0 Å². The highest BCUT2D eigenvalue weighted by Gasteiger charge is 2.31. The van der Waals surface area contributed by atoms with Gasteiger partial charge in [-0.3, -0.25) is 4.79 Å². The lowest BCUT2D eigenvalue weighted by Gasteiger charge is -2.17. The molecule has 0 fully saturated rings. The Morgan fingerprint density at radius 3 is 2.46 bits per heavy atom. The number of amides is 1. The smallest absolute Gasteiger partial charge is 0.416 e. The van der Waals surface area contributed by atoms with Gasteiger partial charge in [0.25, 0.3) is 5.91 Å². The molecule has 2 rings (SSSR count). The van der Waals surface area contributed by atoms with E-state index in [4.69, 9.17) is 11.6 Å². The van der Waals surface area contributed by atoms with Crippen LogP contribution in [0.1, 0.15) is 21.5 Å². The summed E-state index contributed by atoms with van der Waals surface area (Å²) in [7, 11) is 1.15. The maximum absolute atomic E-state index is 12.8. The molecule has 1 atom stereocenters. The van der Waals surface area contributed by atoms with Crippen molar-refractivity contribution in [1.82, 2.24) is 5.32 Å². The number of rotatable bonds is 5. The highest BCUT2D eigenvalue weighted by Crippen LogP contribution is 2.29. The van der Waals surface area contributed by atoms with E-state index in [1.54, 1.807) is 24.3 Å². The van der Waals surface area contributed by atoms with Crippen LogP contribution >= 0.6 is 11.6 Å². The molecule has 0 radical (unpaired) electrons. The molecular formula is C18H15ClF3NO3. The second kappa shape index (κ2) is 8.23. The van der Waals surface area contributed by atoms with Crippen LogP contribution in [0, 0.1) is 0 Å². The first-order valence-electron chi connectivity index (χ1n) is 7.51. The van der Waals surface area contributed by atoms with Crippen molar-refractivity contribution >= 4 is 23.5 Å². The lowest BCUT2D eigenvalue weighted by atomic mass is 10.0. The van der Waals surface area contributed by atoms with Gasteiger partial charge in [0.1, 0.15) is 6.04 Å². The first-order valence-corrected chi connectivity index (χ1v) is 7.89. The van der Waals surface area contributed by atoms with Gasteiger partial charge in [-0.1, -0.05) is 35.9 Å². The van der Waals surface area contributed by atoms with E-state index in [-0.39, 0.29) is 12.0 Å². The van der Waals surface area contributed by atoms with E-state index in [2.05, 4.69) is 10.1 Å². The minimum atomic E-state index is -4.57. The predicted octanol–water partition coefficient (Wildman–Crippen LogP) is 3.87. The van der Waals surface area contributed by atoms with Gasteiger partial charge in [0.2, 0.25) is 0 Å². The van der Waals surface area contributed by atoms with Gasteiger partial charge in [-0.15, -0.1) is 0 Å². The Morgan fingerprint density at radius 1 is 1.15 bits per heavy atom. The van der Waals surface area contributed by atoms with Crippen LogP contribution in [0.4, 0.5) is 13.2 Å². The summed E-state index contributed by atoms with van der Waals surface area (Å²) in [5, 5.41) is 2.80. The fourth-order valence-electron chi connectivity index (χ4n) is 2.30. The van der Waals surface area contributed by atoms with Gasteiger partial charge >= 0.3 is 12.1 Å². The molecule has 26 heavy (non-hydrogen) atoms. The largest absolute Gasteiger partial charge is 0.467 e. The SMILES string of the molecule is COC(=O)[C@@H](Cc1ccccc1Cl)NC(=O)c1cccc(C(F)(F)F)c1. The maximum Gasteiger partial charge on any atom is 0.416 e. The summed E-state index contributed by atoms with van der Waals surface area (Å²) in [6.07, 6.45) is -4.54. The van der Waals surface area contributed by atoms with E-state index in [9.17, 15) is 22.8 Å². The van der Waals surface area contributed by atoms with Gasteiger partial charge in [0.15, 0.2) is 0 Å². The van der Waals surface area contributed by atoms with Gasteiger partial charge in [-0.05, 0) is 29.8 Å². The Kier molecular flexibility index (Phi) is 6.26. The molecule has 2 aromatic carbocycles. The molecule has 4 nitrogen and oxygen atoms in total. The number of ether oxygens (including phenoxy) is 1. The van der Waals surface area contributed by atoms with E-state index >= 15 is 0 Å². The highest BCUT2D eigenvalue weighted by atomic mass is 35.5. The third-order valence-corrected chi connectivity index (χ3v) is 3.99. The Bertz CT molecular complexity index is 808. The van der Waals surface area contributed by atoms with E-state index < -0.39 is 29.7 Å². The summed E-state index contributed by atoms with van der Waals surface area (Å²) in [5.74, 6) is -1.55. The Morgan fingerprint density at radius 2 is 1.85 bits per heavy atom. The van der Waals surface area contributed by atoms with Crippen molar-refractivity contribution in [2.45, 2.75) is 18.6 Å². The molecule has 0 aliphatic carbocycles. The van der Waals surface area contributed by atoms with Crippen molar-refractivity contribution in [3.8, 4) is 0 Å². The summed E-state index contributed by atoms with van der Waals surface area (Å²) in [6.45, 7) is 0. The third kappa shape index (κ3) is 4.98. The number of benzene rings is 2. The van der Waals surface area contributed by atoms with Crippen LogP contribution in [0.3, 0.4) is 0 Å². The highest BCUT2D eigenvalue weighted by molar-refractivity contribution is 6.31. The fraction of sp³-hybridized carbons (Fsp3) is 0.222. The standard InChI is InChI=1S/C18H15ClF3NO3/c1-26-17(25)15(10-11-5-2-3-8-14(11)19)23-16(24)12-6-4-7-13(9-12)18(20,21)22/h2-9,15H,10H2,1H3,(H,23,24)/t15-/m1/s1. The number of halogens is 4. The average molecular weight is 386 g/mol. The fourth-order valence-corrected chi connectivity index (χ4v) is 2.51. The molecule has 0 bridgehead atoms. The van der Waals surface area contributed by atoms with Gasteiger partial charge < -0.3 is 10.1 Å². The molecule has 138 valence electrons. The van der Waals surface area contributed by atoms with E-state index in [0.29, 0.717) is 10.6 Å². The maximum atomic E-state index is 12.8. The number of alkyl halides is 3. The predicted molar refractivity (Wildman–Crippen MR) is 89.9 cm³/mol. The van der Waals surface area contributed by atoms with Crippen molar-refractivity contribution in [3.63, 3.8) is 0 Å². The summed E-state index contributed by atoms with van der Waals surface area (Å²) in [5.41, 5.74) is -0.576. The molecular weight excluding hydrogens is 371 g/mol. The molecule has 0 aromatic heterocycles. The van der Waals surface area contributed by atoms with Gasteiger partial charge in [-0.25, -0.2) is 4.79 Å². The number of carbonyl (C=O) groups excluding carboxylic acids is 2. The summed E-state index contributed by atoms with van der Waals surface area (Å²) >= 11 is 6.05. The van der Waals surface area contributed by atoms with E-state index in [1.807, 2.05) is 0 Å². The second-order valence-corrected chi connectivity index (χ2v) is 5.83. The molecule has 8 heteroatoms. The number of hydrogen-bond acceptors (Lipinski definition) is 3. The number of carbonyl (C=O) groups is 2. The molecule has 0 saturated carbocycles. The lowest BCUT2D eigenvalue weighted by molar-refractivity contribution is -0.143. The molecule has 1 N–H and O–H groups in total. The Hall–Kier alpha value is -2.54. The molecule has 0 heterocycles. The normalized spacial score (nSPS) is 12.3. The zero-order valence-electron chi connectivity index (χ0n) is 13.6. The molecule has 0 spiro atoms. The zero-order chi connectivity index (χ0) is 19.3. The van der Waals surface area contributed by atoms with Crippen LogP contribution in [-0.2, 0) is 22.1 Å². The van der Waals surface area contributed by atoms with Crippen LogP contribution < -0.4 is 5.32 Å². The quantitative estimate of drug-likeness (QED) is 0.795. The van der Waals surface area contributed by atoms with Gasteiger partial charge in [0, 0.05) is 17.0 Å².